The first kappa shape index (κ1) is 29.7. The fraction of sp³-hybridized carbons (Fsp3) is 0.242. The predicted octanol–water partition coefficient (Wildman–Crippen LogP) is 6.24. The van der Waals surface area contributed by atoms with E-state index in [1.165, 1.54) is 0 Å². The molecule has 4 aromatic rings. The van der Waals surface area contributed by atoms with Gasteiger partial charge in [-0.2, -0.15) is 0 Å². The normalized spacial score (nSPS) is 13.0. The van der Waals surface area contributed by atoms with Crippen LogP contribution in [0.2, 0.25) is 5.02 Å². The number of nitrogens with zero attached hydrogens (tertiary/aromatic N) is 4. The largest absolute Gasteiger partial charge is 0.497 e. The third-order valence-corrected chi connectivity index (χ3v) is 7.86. The average molecular weight is 600 g/mol. The van der Waals surface area contributed by atoms with Gasteiger partial charge in [-0.25, -0.2) is 0 Å². The number of benzene rings is 3. The van der Waals surface area contributed by atoms with Crippen LogP contribution < -0.4 is 19.9 Å². The molecule has 0 saturated carbocycles. The van der Waals surface area contributed by atoms with E-state index in [2.05, 4.69) is 22.0 Å². The molecule has 2 amide bonds. The highest BCUT2D eigenvalue weighted by Gasteiger charge is 2.29. The lowest BCUT2D eigenvalue weighted by atomic mass is 10.0. The zero-order chi connectivity index (χ0) is 30.7. The third kappa shape index (κ3) is 6.22. The maximum absolute atomic E-state index is 13.7. The molecule has 0 radical (unpaired) electrons. The molecule has 2 heterocycles. The third-order valence-electron chi connectivity index (χ3n) is 7.56. The summed E-state index contributed by atoms with van der Waals surface area (Å²) in [6, 6.07) is 18.4. The molecule has 1 aromatic heterocycles. The van der Waals surface area contributed by atoms with Crippen molar-refractivity contribution in [2.45, 2.75) is 6.92 Å². The van der Waals surface area contributed by atoms with Crippen LogP contribution in [-0.4, -0.2) is 69.3 Å². The quantitative estimate of drug-likeness (QED) is 0.256. The van der Waals surface area contributed by atoms with Crippen LogP contribution in [0.3, 0.4) is 0 Å². The van der Waals surface area contributed by atoms with E-state index in [1.54, 1.807) is 43.2 Å². The first-order valence-electron chi connectivity index (χ1n) is 13.9. The minimum absolute atomic E-state index is 0.141. The van der Waals surface area contributed by atoms with Crippen LogP contribution in [0, 0.1) is 6.92 Å². The van der Waals surface area contributed by atoms with Crippen LogP contribution >= 0.6 is 11.6 Å². The minimum atomic E-state index is -0.229. The van der Waals surface area contributed by atoms with Crippen LogP contribution in [-0.2, 0) is 0 Å². The Labute approximate surface area is 256 Å². The van der Waals surface area contributed by atoms with Gasteiger partial charge >= 0.3 is 0 Å². The molecule has 1 saturated heterocycles. The second kappa shape index (κ2) is 12.6. The van der Waals surface area contributed by atoms with Crippen molar-refractivity contribution in [1.29, 1.82) is 0 Å². The van der Waals surface area contributed by atoms with Gasteiger partial charge in [-0.05, 0) is 61.0 Å². The summed E-state index contributed by atoms with van der Waals surface area (Å²) < 4.78 is 10.8. The van der Waals surface area contributed by atoms with Crippen molar-refractivity contribution in [3.05, 3.63) is 94.7 Å². The summed E-state index contributed by atoms with van der Waals surface area (Å²) in [6.45, 7) is 7.69. The summed E-state index contributed by atoms with van der Waals surface area (Å²) in [4.78, 5) is 32.7. The molecule has 0 unspecified atom stereocenters. The molecule has 1 fully saturated rings. The van der Waals surface area contributed by atoms with Gasteiger partial charge in [0.2, 0.25) is 0 Å². The molecule has 0 aliphatic carbocycles. The Morgan fingerprint density at radius 1 is 1.07 bits per heavy atom. The molecular weight excluding hydrogens is 566 g/mol. The summed E-state index contributed by atoms with van der Waals surface area (Å²) in [7, 11) is 5.49. The molecule has 0 spiro atoms. The monoisotopic (exact) mass is 599 g/mol. The molecule has 5 rings (SSSR count). The number of aryl methyl sites for hydroxylation is 1. The smallest absolute Gasteiger partial charge is 0.259 e. The number of aromatic nitrogens is 1. The minimum Gasteiger partial charge on any atom is -0.497 e. The van der Waals surface area contributed by atoms with Crippen molar-refractivity contribution in [2.75, 3.05) is 62.5 Å². The van der Waals surface area contributed by atoms with Crippen LogP contribution in [0.15, 0.2) is 71.8 Å². The fourth-order valence-corrected chi connectivity index (χ4v) is 5.39. The van der Waals surface area contributed by atoms with Gasteiger partial charge < -0.3 is 29.3 Å². The number of nitrogens with one attached hydrogen (secondary N) is 1. The lowest BCUT2D eigenvalue weighted by Crippen LogP contribution is -2.49. The van der Waals surface area contributed by atoms with E-state index in [-0.39, 0.29) is 11.8 Å². The van der Waals surface area contributed by atoms with E-state index in [9.17, 15) is 9.59 Å². The van der Waals surface area contributed by atoms with E-state index in [1.807, 2.05) is 61.5 Å². The number of amides is 2. The van der Waals surface area contributed by atoms with Crippen molar-refractivity contribution >= 4 is 46.6 Å². The molecule has 0 atom stereocenters. The zero-order valence-corrected chi connectivity index (χ0v) is 25.4. The number of rotatable bonds is 8. The fourth-order valence-electron chi connectivity index (χ4n) is 5.10. The van der Waals surface area contributed by atoms with Gasteiger partial charge in [-0.1, -0.05) is 41.5 Å². The summed E-state index contributed by atoms with van der Waals surface area (Å²) in [5, 5.41) is 7.74. The molecule has 0 bridgehead atoms. The number of methoxy groups -OCH3 is 1. The van der Waals surface area contributed by atoms with Crippen molar-refractivity contribution in [2.24, 2.45) is 0 Å². The summed E-state index contributed by atoms with van der Waals surface area (Å²) in [5.41, 5.74) is 5.33. The SMILES string of the molecule is C=Cc1cc(Cl)c(N2CCN(C(=O)c3c(-c4cccc(OC)c4)noc3C)CC2)cc1NC(=O)c1ccc(N(C)C)cc1. The first-order valence-corrected chi connectivity index (χ1v) is 14.3. The predicted molar refractivity (Wildman–Crippen MR) is 172 cm³/mol. The number of hydrogen-bond donors (Lipinski definition) is 1. The van der Waals surface area contributed by atoms with Gasteiger partial charge in [0.25, 0.3) is 11.8 Å². The Balaban J connectivity index is 1.31. The highest BCUT2D eigenvalue weighted by molar-refractivity contribution is 6.33. The number of hydrogen-bond acceptors (Lipinski definition) is 7. The Bertz CT molecular complexity index is 1660. The number of piperazine rings is 1. The number of anilines is 3. The molecular formula is C33H34ClN5O4. The number of carbonyl (C=O) groups is 2. The summed E-state index contributed by atoms with van der Waals surface area (Å²) >= 11 is 6.71. The number of carbonyl (C=O) groups excluding carboxylic acids is 2. The topological polar surface area (TPSA) is 91.1 Å². The van der Waals surface area contributed by atoms with Crippen molar-refractivity contribution in [3.63, 3.8) is 0 Å². The Hall–Kier alpha value is -4.76. The second-order valence-corrected chi connectivity index (χ2v) is 10.9. The number of ether oxygens (including phenoxy) is 1. The van der Waals surface area contributed by atoms with E-state index < -0.39 is 0 Å². The van der Waals surface area contributed by atoms with Gasteiger partial charge in [0.15, 0.2) is 0 Å². The maximum Gasteiger partial charge on any atom is 0.259 e. The van der Waals surface area contributed by atoms with E-state index in [0.717, 1.165) is 16.9 Å². The lowest BCUT2D eigenvalue weighted by Gasteiger charge is -2.36. The van der Waals surface area contributed by atoms with Gasteiger partial charge in [-0.3, -0.25) is 9.59 Å². The molecule has 1 N–H and O–H groups in total. The lowest BCUT2D eigenvalue weighted by molar-refractivity contribution is 0.0745. The summed E-state index contributed by atoms with van der Waals surface area (Å²) in [6.07, 6.45) is 1.66. The van der Waals surface area contributed by atoms with Crippen molar-refractivity contribution < 1.29 is 18.8 Å². The molecule has 1 aliphatic heterocycles. The molecule has 9 nitrogen and oxygen atoms in total. The molecule has 222 valence electrons. The first-order chi connectivity index (χ1) is 20.7. The molecule has 43 heavy (non-hydrogen) atoms. The van der Waals surface area contributed by atoms with E-state index in [4.69, 9.17) is 20.9 Å². The van der Waals surface area contributed by atoms with Gasteiger partial charge in [-0.15, -0.1) is 0 Å². The average Bonchev–Trinajstić information content (AvgIpc) is 3.42. The maximum atomic E-state index is 13.7. The van der Waals surface area contributed by atoms with Crippen molar-refractivity contribution in [3.8, 4) is 17.0 Å². The van der Waals surface area contributed by atoms with Crippen molar-refractivity contribution in [1.82, 2.24) is 10.1 Å². The highest BCUT2D eigenvalue weighted by Crippen LogP contribution is 2.35. The zero-order valence-electron chi connectivity index (χ0n) is 24.7. The van der Waals surface area contributed by atoms with Crippen LogP contribution in [0.1, 0.15) is 32.0 Å². The Kier molecular flexibility index (Phi) is 8.73. The van der Waals surface area contributed by atoms with E-state index in [0.29, 0.717) is 70.8 Å². The van der Waals surface area contributed by atoms with Gasteiger partial charge in [0.05, 0.1) is 23.5 Å². The van der Waals surface area contributed by atoms with Gasteiger partial charge in [0.1, 0.15) is 22.8 Å². The van der Waals surface area contributed by atoms with E-state index >= 15 is 0 Å². The second-order valence-electron chi connectivity index (χ2n) is 10.5. The molecule has 3 aromatic carbocycles. The Morgan fingerprint density at radius 3 is 2.44 bits per heavy atom. The highest BCUT2D eigenvalue weighted by atomic mass is 35.5. The molecule has 1 aliphatic rings. The van der Waals surface area contributed by atoms with Gasteiger partial charge in [0, 0.05) is 57.1 Å². The standard InChI is InChI=1S/C33H34ClN5O4/c1-6-22-19-27(34)29(20-28(22)35-32(40)23-10-12-25(13-11-23)37(3)4)38-14-16-39(17-15-38)33(41)30-21(2)43-36-31(30)24-8-7-9-26(18-24)42-5/h6-13,18-20H,1,14-17H2,2-5H3,(H,35,40). The summed E-state index contributed by atoms with van der Waals surface area (Å²) in [5.74, 6) is 0.762. The molecule has 10 heteroatoms. The Morgan fingerprint density at radius 2 is 1.79 bits per heavy atom. The van der Waals surface area contributed by atoms with Crippen LogP contribution in [0.4, 0.5) is 17.1 Å². The number of halogens is 1. The van der Waals surface area contributed by atoms with Crippen LogP contribution in [0.5, 0.6) is 5.75 Å². The van der Waals surface area contributed by atoms with Crippen LogP contribution in [0.25, 0.3) is 17.3 Å².